The Kier molecular flexibility index (Phi) is 6.77. The average Bonchev–Trinajstić information content (AvgIpc) is 3.04. The fourth-order valence-corrected chi connectivity index (χ4v) is 3.74. The van der Waals surface area contributed by atoms with Gasteiger partial charge in [-0.15, -0.1) is 23.7 Å². The Hall–Kier alpha value is -0.990. The molecule has 24 heavy (non-hydrogen) atoms. The Morgan fingerprint density at radius 3 is 2.83 bits per heavy atom. The van der Waals surface area contributed by atoms with Gasteiger partial charge in [0, 0.05) is 35.2 Å². The number of nitrogens with two attached hydrogens (primary N) is 1. The summed E-state index contributed by atoms with van der Waals surface area (Å²) in [6.45, 7) is 1.48. The summed E-state index contributed by atoms with van der Waals surface area (Å²) in [5, 5.41) is 5.47. The molecule has 2 heterocycles. The number of aromatic nitrogens is 1. The van der Waals surface area contributed by atoms with Crippen LogP contribution in [0.2, 0.25) is 0 Å². The molecule has 0 unspecified atom stereocenters. The number of amides is 1. The summed E-state index contributed by atoms with van der Waals surface area (Å²) in [5.41, 5.74) is 7.18. The van der Waals surface area contributed by atoms with Crippen LogP contribution in [0.25, 0.3) is 11.3 Å². The maximum atomic E-state index is 12.6. The van der Waals surface area contributed by atoms with Crippen molar-refractivity contribution in [3.63, 3.8) is 0 Å². The molecule has 8 heteroatoms. The van der Waals surface area contributed by atoms with Crippen molar-refractivity contribution < 1.29 is 9.53 Å². The molecule has 1 aliphatic heterocycles. The van der Waals surface area contributed by atoms with E-state index < -0.39 is 5.41 Å². The van der Waals surface area contributed by atoms with E-state index >= 15 is 0 Å². The Balaban J connectivity index is 0.00000208. The van der Waals surface area contributed by atoms with E-state index in [1.165, 1.54) is 11.3 Å². The van der Waals surface area contributed by atoms with Crippen molar-refractivity contribution in [3.05, 3.63) is 34.1 Å². The van der Waals surface area contributed by atoms with Crippen LogP contribution in [-0.2, 0) is 9.53 Å². The normalized spacial score (nSPS) is 16.2. The van der Waals surface area contributed by atoms with Gasteiger partial charge in [0.05, 0.1) is 11.1 Å². The molecule has 2 aromatic rings. The molecule has 1 amide bonds. The molecule has 0 bridgehead atoms. The van der Waals surface area contributed by atoms with Crippen molar-refractivity contribution in [1.29, 1.82) is 0 Å². The first-order chi connectivity index (χ1) is 11.1. The highest BCUT2D eigenvalue weighted by Gasteiger charge is 2.39. The van der Waals surface area contributed by atoms with E-state index in [1.807, 2.05) is 29.6 Å². The number of ether oxygens (including phenoxy) is 1. The highest BCUT2D eigenvalue weighted by molar-refractivity contribution is 9.10. The number of carbonyl (C=O) groups is 1. The maximum absolute atomic E-state index is 12.6. The summed E-state index contributed by atoms with van der Waals surface area (Å²) in [7, 11) is 0. The third-order valence-corrected chi connectivity index (χ3v) is 5.42. The fourth-order valence-electron chi connectivity index (χ4n) is 2.63. The number of hydrogen-bond donors (Lipinski definition) is 2. The first-order valence-electron chi connectivity index (χ1n) is 7.44. The second-order valence-electron chi connectivity index (χ2n) is 5.60. The van der Waals surface area contributed by atoms with E-state index in [1.54, 1.807) is 0 Å². The van der Waals surface area contributed by atoms with Gasteiger partial charge in [-0.25, -0.2) is 4.98 Å². The Bertz CT molecular complexity index is 704. The summed E-state index contributed by atoms with van der Waals surface area (Å²) in [6, 6.07) is 7.92. The fraction of sp³-hybridized carbons (Fsp3) is 0.375. The van der Waals surface area contributed by atoms with Crippen LogP contribution >= 0.6 is 39.7 Å². The van der Waals surface area contributed by atoms with Crippen molar-refractivity contribution >= 4 is 50.7 Å². The number of carbonyl (C=O) groups excluding carboxylic acids is 1. The predicted octanol–water partition coefficient (Wildman–Crippen LogP) is 3.69. The standard InChI is InChI=1S/C16H18BrN3O2S.ClH/c17-12-3-1-2-11(8-12)13-9-23-15(19-13)20-14(21)16(10-18)4-6-22-7-5-16;/h1-3,8-9H,4-7,10,18H2,(H,19,20,21);1H. The van der Waals surface area contributed by atoms with E-state index in [4.69, 9.17) is 10.5 Å². The molecule has 1 aromatic carbocycles. The number of rotatable bonds is 4. The molecule has 1 aliphatic rings. The van der Waals surface area contributed by atoms with E-state index in [-0.39, 0.29) is 18.3 Å². The summed E-state index contributed by atoms with van der Waals surface area (Å²) < 4.78 is 6.35. The van der Waals surface area contributed by atoms with Gasteiger partial charge in [0.25, 0.3) is 0 Å². The summed E-state index contributed by atoms with van der Waals surface area (Å²) in [6.07, 6.45) is 1.30. The van der Waals surface area contributed by atoms with E-state index in [0.29, 0.717) is 37.7 Å². The minimum Gasteiger partial charge on any atom is -0.381 e. The molecule has 1 saturated heterocycles. The van der Waals surface area contributed by atoms with Gasteiger partial charge in [0.15, 0.2) is 5.13 Å². The monoisotopic (exact) mass is 431 g/mol. The average molecular weight is 433 g/mol. The van der Waals surface area contributed by atoms with Crippen LogP contribution < -0.4 is 11.1 Å². The Morgan fingerprint density at radius 1 is 1.42 bits per heavy atom. The van der Waals surface area contributed by atoms with Crippen molar-refractivity contribution in [3.8, 4) is 11.3 Å². The van der Waals surface area contributed by atoms with Crippen LogP contribution in [0.4, 0.5) is 5.13 Å². The molecule has 0 atom stereocenters. The van der Waals surface area contributed by atoms with Crippen LogP contribution in [0, 0.1) is 5.41 Å². The number of anilines is 1. The van der Waals surface area contributed by atoms with Gasteiger partial charge in [0.2, 0.25) is 5.91 Å². The van der Waals surface area contributed by atoms with Crippen LogP contribution in [0.15, 0.2) is 34.1 Å². The molecule has 3 N–H and O–H groups in total. The lowest BCUT2D eigenvalue weighted by Crippen LogP contribution is -2.46. The molecule has 0 saturated carbocycles. The molecule has 0 radical (unpaired) electrons. The molecule has 0 aliphatic carbocycles. The van der Waals surface area contributed by atoms with Crippen molar-refractivity contribution in [1.82, 2.24) is 4.98 Å². The highest BCUT2D eigenvalue weighted by Crippen LogP contribution is 2.32. The summed E-state index contributed by atoms with van der Waals surface area (Å²) >= 11 is 4.88. The second-order valence-corrected chi connectivity index (χ2v) is 7.37. The van der Waals surface area contributed by atoms with Gasteiger partial charge in [-0.2, -0.15) is 0 Å². The third kappa shape index (κ3) is 4.15. The lowest BCUT2D eigenvalue weighted by molar-refractivity contribution is -0.130. The maximum Gasteiger partial charge on any atom is 0.233 e. The van der Waals surface area contributed by atoms with E-state index in [2.05, 4.69) is 26.2 Å². The van der Waals surface area contributed by atoms with Crippen molar-refractivity contribution in [2.75, 3.05) is 25.1 Å². The quantitative estimate of drug-likeness (QED) is 0.772. The Morgan fingerprint density at radius 2 is 2.17 bits per heavy atom. The minimum atomic E-state index is -0.542. The van der Waals surface area contributed by atoms with Crippen molar-refractivity contribution in [2.24, 2.45) is 11.1 Å². The largest absolute Gasteiger partial charge is 0.381 e. The van der Waals surface area contributed by atoms with Crippen LogP contribution in [0.3, 0.4) is 0 Å². The Labute approximate surface area is 159 Å². The second kappa shape index (κ2) is 8.40. The van der Waals surface area contributed by atoms with E-state index in [9.17, 15) is 4.79 Å². The zero-order chi connectivity index (χ0) is 16.3. The molecule has 3 rings (SSSR count). The number of nitrogens with one attached hydrogen (secondary N) is 1. The SMILES string of the molecule is Cl.NCC1(C(=O)Nc2nc(-c3cccc(Br)c3)cs2)CCOCC1. The molecular formula is C16H19BrClN3O2S. The van der Waals surface area contributed by atoms with E-state index in [0.717, 1.165) is 15.7 Å². The first kappa shape index (κ1) is 19.3. The zero-order valence-electron chi connectivity index (χ0n) is 13.0. The van der Waals surface area contributed by atoms with Gasteiger partial charge >= 0.3 is 0 Å². The first-order valence-corrected chi connectivity index (χ1v) is 9.11. The molecule has 1 aromatic heterocycles. The predicted molar refractivity (Wildman–Crippen MR) is 103 cm³/mol. The summed E-state index contributed by atoms with van der Waals surface area (Å²) in [4.78, 5) is 17.1. The third-order valence-electron chi connectivity index (χ3n) is 4.17. The summed E-state index contributed by atoms with van der Waals surface area (Å²) in [5.74, 6) is -0.0570. The number of thiazole rings is 1. The van der Waals surface area contributed by atoms with Crippen LogP contribution in [0.5, 0.6) is 0 Å². The lowest BCUT2D eigenvalue weighted by atomic mass is 9.79. The molecule has 1 fully saturated rings. The van der Waals surface area contributed by atoms with Crippen LogP contribution in [-0.4, -0.2) is 30.6 Å². The van der Waals surface area contributed by atoms with Gasteiger partial charge in [0.1, 0.15) is 0 Å². The minimum absolute atomic E-state index is 0. The highest BCUT2D eigenvalue weighted by atomic mass is 79.9. The van der Waals surface area contributed by atoms with Gasteiger partial charge in [-0.05, 0) is 25.0 Å². The molecule has 0 spiro atoms. The molecule has 5 nitrogen and oxygen atoms in total. The topological polar surface area (TPSA) is 77.2 Å². The zero-order valence-corrected chi connectivity index (χ0v) is 16.2. The molecule has 130 valence electrons. The van der Waals surface area contributed by atoms with Gasteiger partial charge in [-0.1, -0.05) is 28.1 Å². The number of hydrogen-bond acceptors (Lipinski definition) is 5. The lowest BCUT2D eigenvalue weighted by Gasteiger charge is -2.34. The number of nitrogens with zero attached hydrogens (tertiary/aromatic N) is 1. The number of halogens is 2. The number of benzene rings is 1. The molecular weight excluding hydrogens is 414 g/mol. The smallest absolute Gasteiger partial charge is 0.233 e. The van der Waals surface area contributed by atoms with Gasteiger partial charge < -0.3 is 15.8 Å². The van der Waals surface area contributed by atoms with Gasteiger partial charge in [-0.3, -0.25) is 4.79 Å². The van der Waals surface area contributed by atoms with Crippen molar-refractivity contribution in [2.45, 2.75) is 12.8 Å². The van der Waals surface area contributed by atoms with Crippen LogP contribution in [0.1, 0.15) is 12.8 Å².